The van der Waals surface area contributed by atoms with E-state index in [2.05, 4.69) is 9.97 Å². The molecule has 2 aromatic heterocycles. The van der Waals surface area contributed by atoms with Gasteiger partial charge in [0.15, 0.2) is 0 Å². The summed E-state index contributed by atoms with van der Waals surface area (Å²) in [5, 5.41) is 10.2. The van der Waals surface area contributed by atoms with Crippen LogP contribution in [0, 0.1) is 0 Å². The SMILES string of the molecule is O=C(c1cccc2[nH]ccc12)N(CCO)Cc1cccnc1. The lowest BCUT2D eigenvalue weighted by Gasteiger charge is -2.22. The summed E-state index contributed by atoms with van der Waals surface area (Å²) in [5.74, 6) is -0.0943. The molecule has 0 spiro atoms. The number of amides is 1. The number of pyridine rings is 1. The molecule has 3 rings (SSSR count). The number of nitrogens with one attached hydrogen (secondary N) is 1. The molecular formula is C17H17N3O2. The number of carbonyl (C=O) groups is 1. The van der Waals surface area contributed by atoms with E-state index in [0.717, 1.165) is 16.5 Å². The van der Waals surface area contributed by atoms with E-state index in [9.17, 15) is 9.90 Å². The first kappa shape index (κ1) is 14.3. The van der Waals surface area contributed by atoms with Crippen molar-refractivity contribution in [2.75, 3.05) is 13.2 Å². The van der Waals surface area contributed by atoms with E-state index in [1.54, 1.807) is 17.3 Å². The maximum absolute atomic E-state index is 12.8. The summed E-state index contributed by atoms with van der Waals surface area (Å²) in [6.07, 6.45) is 5.25. The second-order valence-electron chi connectivity index (χ2n) is 5.06. The average Bonchev–Trinajstić information content (AvgIpc) is 3.03. The third-order valence-corrected chi connectivity index (χ3v) is 3.58. The standard InChI is InChI=1S/C17H17N3O2/c21-10-9-20(12-13-3-2-7-18-11-13)17(22)15-4-1-5-16-14(15)6-8-19-16/h1-8,11,19,21H,9-10,12H2. The van der Waals surface area contributed by atoms with Gasteiger partial charge in [0.2, 0.25) is 0 Å². The van der Waals surface area contributed by atoms with E-state index < -0.39 is 0 Å². The fraction of sp³-hybridized carbons (Fsp3) is 0.176. The number of benzene rings is 1. The van der Waals surface area contributed by atoms with Crippen molar-refractivity contribution in [1.82, 2.24) is 14.9 Å². The van der Waals surface area contributed by atoms with E-state index >= 15 is 0 Å². The third-order valence-electron chi connectivity index (χ3n) is 3.58. The van der Waals surface area contributed by atoms with Gasteiger partial charge in [-0.3, -0.25) is 9.78 Å². The zero-order valence-corrected chi connectivity index (χ0v) is 12.1. The summed E-state index contributed by atoms with van der Waals surface area (Å²) in [6.45, 7) is 0.637. The van der Waals surface area contributed by atoms with Gasteiger partial charge < -0.3 is 15.0 Å². The van der Waals surface area contributed by atoms with Crippen molar-refractivity contribution in [3.63, 3.8) is 0 Å². The van der Waals surface area contributed by atoms with Crippen LogP contribution in [-0.4, -0.2) is 39.0 Å². The van der Waals surface area contributed by atoms with Crippen molar-refractivity contribution in [3.8, 4) is 0 Å². The average molecular weight is 295 g/mol. The number of aliphatic hydroxyl groups is 1. The number of rotatable bonds is 5. The number of aromatic amines is 1. The Labute approximate surface area is 128 Å². The number of aromatic nitrogens is 2. The quantitative estimate of drug-likeness (QED) is 0.758. The van der Waals surface area contributed by atoms with Crippen molar-refractivity contribution in [2.24, 2.45) is 0 Å². The molecule has 0 aliphatic rings. The van der Waals surface area contributed by atoms with Crippen molar-refractivity contribution < 1.29 is 9.90 Å². The number of aliphatic hydroxyl groups excluding tert-OH is 1. The zero-order chi connectivity index (χ0) is 15.4. The van der Waals surface area contributed by atoms with Crippen LogP contribution in [0.5, 0.6) is 0 Å². The van der Waals surface area contributed by atoms with Crippen LogP contribution in [0.4, 0.5) is 0 Å². The van der Waals surface area contributed by atoms with Crippen molar-refractivity contribution in [2.45, 2.75) is 6.54 Å². The Morgan fingerprint density at radius 1 is 1.23 bits per heavy atom. The molecule has 5 nitrogen and oxygen atoms in total. The number of nitrogens with zero attached hydrogens (tertiary/aromatic N) is 2. The van der Waals surface area contributed by atoms with Gasteiger partial charge in [-0.2, -0.15) is 0 Å². The molecule has 1 aromatic carbocycles. The van der Waals surface area contributed by atoms with Crippen molar-refractivity contribution >= 4 is 16.8 Å². The first-order valence-electron chi connectivity index (χ1n) is 7.15. The Morgan fingerprint density at radius 3 is 2.91 bits per heavy atom. The third kappa shape index (κ3) is 2.84. The molecule has 0 fully saturated rings. The molecule has 5 heteroatoms. The number of carbonyl (C=O) groups excluding carboxylic acids is 1. The molecular weight excluding hydrogens is 278 g/mol. The minimum Gasteiger partial charge on any atom is -0.395 e. The first-order chi connectivity index (χ1) is 10.8. The lowest BCUT2D eigenvalue weighted by atomic mass is 10.1. The van der Waals surface area contributed by atoms with Crippen LogP contribution < -0.4 is 0 Å². The molecule has 22 heavy (non-hydrogen) atoms. The molecule has 3 aromatic rings. The van der Waals surface area contributed by atoms with Gasteiger partial charge in [0.05, 0.1) is 6.61 Å². The topological polar surface area (TPSA) is 69.2 Å². The maximum Gasteiger partial charge on any atom is 0.254 e. The van der Waals surface area contributed by atoms with E-state index in [0.29, 0.717) is 12.1 Å². The van der Waals surface area contributed by atoms with E-state index in [1.807, 2.05) is 42.6 Å². The highest BCUT2D eigenvalue weighted by Crippen LogP contribution is 2.20. The van der Waals surface area contributed by atoms with Gasteiger partial charge in [-0.1, -0.05) is 12.1 Å². The molecule has 0 bridgehead atoms. The van der Waals surface area contributed by atoms with Crippen LogP contribution in [0.25, 0.3) is 10.9 Å². The fourth-order valence-electron chi connectivity index (χ4n) is 2.53. The summed E-state index contributed by atoms with van der Waals surface area (Å²) in [7, 11) is 0. The van der Waals surface area contributed by atoms with Gasteiger partial charge in [-0.15, -0.1) is 0 Å². The van der Waals surface area contributed by atoms with Gasteiger partial charge in [0, 0.05) is 48.1 Å². The fourth-order valence-corrected chi connectivity index (χ4v) is 2.53. The number of hydrogen-bond donors (Lipinski definition) is 2. The van der Waals surface area contributed by atoms with E-state index in [4.69, 9.17) is 0 Å². The van der Waals surface area contributed by atoms with Crippen LogP contribution >= 0.6 is 0 Å². The Morgan fingerprint density at radius 2 is 2.14 bits per heavy atom. The first-order valence-corrected chi connectivity index (χ1v) is 7.15. The smallest absolute Gasteiger partial charge is 0.254 e. The predicted molar refractivity (Wildman–Crippen MR) is 84.4 cm³/mol. The molecule has 0 saturated heterocycles. The number of fused-ring (bicyclic) bond motifs is 1. The summed E-state index contributed by atoms with van der Waals surface area (Å²) >= 11 is 0. The van der Waals surface area contributed by atoms with Gasteiger partial charge in [0.1, 0.15) is 0 Å². The van der Waals surface area contributed by atoms with Crippen molar-refractivity contribution in [1.29, 1.82) is 0 Å². The van der Waals surface area contributed by atoms with Crippen LogP contribution in [0.3, 0.4) is 0 Å². The number of hydrogen-bond acceptors (Lipinski definition) is 3. The van der Waals surface area contributed by atoms with Crippen LogP contribution in [0.2, 0.25) is 0 Å². The largest absolute Gasteiger partial charge is 0.395 e. The molecule has 112 valence electrons. The highest BCUT2D eigenvalue weighted by Gasteiger charge is 2.18. The van der Waals surface area contributed by atoms with Crippen molar-refractivity contribution in [3.05, 3.63) is 66.1 Å². The van der Waals surface area contributed by atoms with Crippen LogP contribution in [-0.2, 0) is 6.54 Å². The van der Waals surface area contributed by atoms with Gasteiger partial charge in [-0.05, 0) is 29.8 Å². The monoisotopic (exact) mass is 295 g/mol. The van der Waals surface area contributed by atoms with Gasteiger partial charge in [0.25, 0.3) is 5.91 Å². The molecule has 0 aliphatic carbocycles. The molecule has 0 unspecified atom stereocenters. The second kappa shape index (κ2) is 6.41. The Hall–Kier alpha value is -2.66. The maximum atomic E-state index is 12.8. The number of H-pyrrole nitrogens is 1. The summed E-state index contributed by atoms with van der Waals surface area (Å²) in [5.41, 5.74) is 2.50. The van der Waals surface area contributed by atoms with Crippen LogP contribution in [0.15, 0.2) is 55.0 Å². The van der Waals surface area contributed by atoms with E-state index in [-0.39, 0.29) is 19.1 Å². The summed E-state index contributed by atoms with van der Waals surface area (Å²) in [4.78, 5) is 21.6. The highest BCUT2D eigenvalue weighted by atomic mass is 16.3. The molecule has 0 radical (unpaired) electrons. The molecule has 0 saturated carbocycles. The van der Waals surface area contributed by atoms with Gasteiger partial charge >= 0.3 is 0 Å². The molecule has 0 atom stereocenters. The lowest BCUT2D eigenvalue weighted by Crippen LogP contribution is -2.33. The molecule has 2 N–H and O–H groups in total. The Kier molecular flexibility index (Phi) is 4.16. The normalized spacial score (nSPS) is 10.8. The van der Waals surface area contributed by atoms with Gasteiger partial charge in [-0.25, -0.2) is 0 Å². The molecule has 2 heterocycles. The Balaban J connectivity index is 1.91. The molecule has 1 amide bonds. The van der Waals surface area contributed by atoms with E-state index in [1.165, 1.54) is 0 Å². The zero-order valence-electron chi connectivity index (χ0n) is 12.1. The lowest BCUT2D eigenvalue weighted by molar-refractivity contribution is 0.0709. The second-order valence-corrected chi connectivity index (χ2v) is 5.06. The predicted octanol–water partition coefficient (Wildman–Crippen LogP) is 2.20. The minimum absolute atomic E-state index is 0.0743. The Bertz CT molecular complexity index is 768. The summed E-state index contributed by atoms with van der Waals surface area (Å²) in [6, 6.07) is 11.2. The highest BCUT2D eigenvalue weighted by molar-refractivity contribution is 6.06. The summed E-state index contributed by atoms with van der Waals surface area (Å²) < 4.78 is 0. The molecule has 0 aliphatic heterocycles. The van der Waals surface area contributed by atoms with Crippen LogP contribution in [0.1, 0.15) is 15.9 Å². The minimum atomic E-state index is -0.0943.